The summed E-state index contributed by atoms with van der Waals surface area (Å²) in [6.07, 6.45) is 1.95. The molecular weight excluding hydrogens is 255 g/mol. The molecule has 5 heteroatoms. The molecule has 94 valence electrons. The predicted octanol–water partition coefficient (Wildman–Crippen LogP) is 3.06. The summed E-state index contributed by atoms with van der Waals surface area (Å²) in [4.78, 5) is 3.96. The lowest BCUT2D eigenvalue weighted by atomic mass is 10.1. The summed E-state index contributed by atoms with van der Waals surface area (Å²) in [5.74, 6) is 0.218. The maximum Gasteiger partial charge on any atom is 0.165 e. The van der Waals surface area contributed by atoms with Gasteiger partial charge in [0.05, 0.1) is 12.1 Å². The Bertz CT molecular complexity index is 575. The summed E-state index contributed by atoms with van der Waals surface area (Å²) in [6, 6.07) is 6.51. The molecule has 0 saturated heterocycles. The van der Waals surface area contributed by atoms with Gasteiger partial charge in [-0.05, 0) is 23.8 Å². The average molecular weight is 267 g/mol. The molecule has 3 nitrogen and oxygen atoms in total. The first kappa shape index (κ1) is 12.6. The van der Waals surface area contributed by atoms with Crippen LogP contribution in [0.15, 0.2) is 30.5 Å². The molecule has 18 heavy (non-hydrogen) atoms. The molecule has 0 aliphatic heterocycles. The highest BCUT2D eigenvalue weighted by Crippen LogP contribution is 2.22. The number of ether oxygens (including phenoxy) is 1. The molecule has 1 aromatic heterocycles. The lowest BCUT2D eigenvalue weighted by Gasteiger charge is -2.07. The van der Waals surface area contributed by atoms with Gasteiger partial charge in [-0.15, -0.1) is 0 Å². The number of benzene rings is 1. The molecule has 0 atom stereocenters. The van der Waals surface area contributed by atoms with Crippen LogP contribution >= 0.6 is 11.6 Å². The molecule has 0 radical (unpaired) electrons. The van der Waals surface area contributed by atoms with Crippen molar-refractivity contribution in [1.29, 1.82) is 0 Å². The number of hydrogen-bond donors (Lipinski definition) is 1. The molecule has 0 fully saturated rings. The van der Waals surface area contributed by atoms with Crippen LogP contribution in [0.3, 0.4) is 0 Å². The van der Waals surface area contributed by atoms with E-state index in [0.717, 1.165) is 11.1 Å². The van der Waals surface area contributed by atoms with Crippen LogP contribution < -0.4 is 10.5 Å². The molecule has 0 aliphatic carbocycles. The van der Waals surface area contributed by atoms with E-state index < -0.39 is 5.82 Å². The number of nitrogen functional groups attached to an aromatic ring is 1. The maximum atomic E-state index is 13.5. The second kappa shape index (κ2) is 5.23. The highest BCUT2D eigenvalue weighted by Gasteiger charge is 2.07. The topological polar surface area (TPSA) is 48.1 Å². The van der Waals surface area contributed by atoms with Crippen LogP contribution in [0.4, 0.5) is 10.2 Å². The van der Waals surface area contributed by atoms with Crippen molar-refractivity contribution >= 4 is 17.4 Å². The van der Waals surface area contributed by atoms with E-state index in [-0.39, 0.29) is 5.75 Å². The highest BCUT2D eigenvalue weighted by molar-refractivity contribution is 6.30. The minimum absolute atomic E-state index is 0.218. The quantitative estimate of drug-likeness (QED) is 0.929. The lowest BCUT2D eigenvalue weighted by Crippen LogP contribution is -1.99. The number of rotatable bonds is 3. The Balaban J connectivity index is 2.28. The van der Waals surface area contributed by atoms with Gasteiger partial charge in [0.25, 0.3) is 0 Å². The normalized spacial score (nSPS) is 10.4. The van der Waals surface area contributed by atoms with Gasteiger partial charge in [-0.25, -0.2) is 9.37 Å². The van der Waals surface area contributed by atoms with Crippen molar-refractivity contribution < 1.29 is 9.13 Å². The third-order valence-electron chi connectivity index (χ3n) is 2.58. The fourth-order valence-corrected chi connectivity index (χ4v) is 1.85. The molecule has 0 saturated carbocycles. The van der Waals surface area contributed by atoms with E-state index in [2.05, 4.69) is 4.98 Å². The van der Waals surface area contributed by atoms with Crippen molar-refractivity contribution in [1.82, 2.24) is 4.98 Å². The summed E-state index contributed by atoms with van der Waals surface area (Å²) in [7, 11) is 1.43. The first-order chi connectivity index (χ1) is 8.60. The third kappa shape index (κ3) is 2.71. The number of methoxy groups -OCH3 is 1. The number of nitrogens with two attached hydrogens (primary N) is 1. The first-order valence-electron chi connectivity index (χ1n) is 5.32. The molecule has 1 aromatic carbocycles. The van der Waals surface area contributed by atoms with Gasteiger partial charge in [-0.2, -0.15) is 0 Å². The third-order valence-corrected chi connectivity index (χ3v) is 2.79. The molecule has 0 bridgehead atoms. The Kier molecular flexibility index (Phi) is 3.67. The van der Waals surface area contributed by atoms with Crippen LogP contribution in [-0.2, 0) is 6.42 Å². The van der Waals surface area contributed by atoms with Crippen LogP contribution in [0, 0.1) is 5.82 Å². The Morgan fingerprint density at radius 2 is 2.17 bits per heavy atom. The maximum absolute atomic E-state index is 13.5. The summed E-state index contributed by atoms with van der Waals surface area (Å²) in [6.45, 7) is 0. The van der Waals surface area contributed by atoms with E-state index in [9.17, 15) is 4.39 Å². The zero-order valence-electron chi connectivity index (χ0n) is 9.78. The molecule has 0 aliphatic rings. The van der Waals surface area contributed by atoms with Crippen LogP contribution in [0.2, 0.25) is 5.02 Å². The van der Waals surface area contributed by atoms with E-state index in [0.29, 0.717) is 17.3 Å². The molecule has 0 amide bonds. The van der Waals surface area contributed by atoms with Crippen molar-refractivity contribution in [2.24, 2.45) is 0 Å². The molecular formula is C13H12ClFN2O. The largest absolute Gasteiger partial charge is 0.494 e. The summed E-state index contributed by atoms with van der Waals surface area (Å²) < 4.78 is 18.4. The SMILES string of the molecule is COc1ccc(Cc2cc(Cl)cnc2N)cc1F. The van der Waals surface area contributed by atoms with Gasteiger partial charge in [0.2, 0.25) is 0 Å². The zero-order valence-corrected chi connectivity index (χ0v) is 10.5. The number of pyridine rings is 1. The monoisotopic (exact) mass is 266 g/mol. The van der Waals surface area contributed by atoms with Gasteiger partial charge >= 0.3 is 0 Å². The Morgan fingerprint density at radius 3 is 2.83 bits per heavy atom. The van der Waals surface area contributed by atoms with E-state index in [1.54, 1.807) is 18.2 Å². The number of halogens is 2. The minimum atomic E-state index is -0.399. The highest BCUT2D eigenvalue weighted by atomic mass is 35.5. The van der Waals surface area contributed by atoms with Crippen LogP contribution in [0.5, 0.6) is 5.75 Å². The average Bonchev–Trinajstić information content (AvgIpc) is 2.34. The zero-order chi connectivity index (χ0) is 13.1. The number of nitrogens with zero attached hydrogens (tertiary/aromatic N) is 1. The van der Waals surface area contributed by atoms with Crippen molar-refractivity contribution in [2.45, 2.75) is 6.42 Å². The molecule has 2 N–H and O–H groups in total. The van der Waals surface area contributed by atoms with E-state index in [4.69, 9.17) is 22.1 Å². The van der Waals surface area contributed by atoms with Crippen molar-refractivity contribution in [3.05, 3.63) is 52.4 Å². The number of hydrogen-bond acceptors (Lipinski definition) is 3. The Morgan fingerprint density at radius 1 is 1.39 bits per heavy atom. The summed E-state index contributed by atoms with van der Waals surface area (Å²) >= 11 is 5.85. The molecule has 0 spiro atoms. The number of aromatic nitrogens is 1. The molecule has 2 aromatic rings. The fourth-order valence-electron chi connectivity index (χ4n) is 1.67. The summed E-state index contributed by atoms with van der Waals surface area (Å²) in [5, 5.41) is 0.508. The Hall–Kier alpha value is -1.81. The predicted molar refractivity (Wildman–Crippen MR) is 69.4 cm³/mol. The van der Waals surface area contributed by atoms with E-state index in [1.165, 1.54) is 19.4 Å². The first-order valence-corrected chi connectivity index (χ1v) is 5.70. The van der Waals surface area contributed by atoms with Gasteiger partial charge < -0.3 is 10.5 Å². The van der Waals surface area contributed by atoms with Crippen molar-refractivity contribution in [3.8, 4) is 5.75 Å². The van der Waals surface area contributed by atoms with Crippen LogP contribution in [0.1, 0.15) is 11.1 Å². The lowest BCUT2D eigenvalue weighted by molar-refractivity contribution is 0.386. The molecule has 0 unspecified atom stereocenters. The smallest absolute Gasteiger partial charge is 0.165 e. The fraction of sp³-hybridized carbons (Fsp3) is 0.154. The Labute approximate surface area is 109 Å². The van der Waals surface area contributed by atoms with Gasteiger partial charge in [0.1, 0.15) is 5.82 Å². The minimum Gasteiger partial charge on any atom is -0.494 e. The molecule has 2 rings (SSSR count). The van der Waals surface area contributed by atoms with Gasteiger partial charge in [0.15, 0.2) is 11.6 Å². The van der Waals surface area contributed by atoms with Crippen molar-refractivity contribution in [2.75, 3.05) is 12.8 Å². The van der Waals surface area contributed by atoms with Crippen LogP contribution in [0.25, 0.3) is 0 Å². The molecule has 1 heterocycles. The van der Waals surface area contributed by atoms with Gasteiger partial charge in [-0.3, -0.25) is 0 Å². The van der Waals surface area contributed by atoms with Gasteiger partial charge in [0, 0.05) is 18.2 Å². The van der Waals surface area contributed by atoms with Crippen molar-refractivity contribution in [3.63, 3.8) is 0 Å². The second-order valence-corrected chi connectivity index (χ2v) is 4.28. The van der Waals surface area contributed by atoms with E-state index >= 15 is 0 Å². The van der Waals surface area contributed by atoms with Crippen LogP contribution in [-0.4, -0.2) is 12.1 Å². The number of anilines is 1. The van der Waals surface area contributed by atoms with Gasteiger partial charge in [-0.1, -0.05) is 17.7 Å². The second-order valence-electron chi connectivity index (χ2n) is 3.84. The van der Waals surface area contributed by atoms with E-state index in [1.807, 2.05) is 0 Å². The summed E-state index contributed by atoms with van der Waals surface area (Å²) in [5.41, 5.74) is 7.30. The standard InChI is InChI=1S/C13H12ClFN2O/c1-18-12-3-2-8(5-11(12)15)4-9-6-10(14)7-17-13(9)16/h2-3,5-7H,4H2,1H3,(H2,16,17).